The highest BCUT2D eigenvalue weighted by atomic mass is 16.5. The Labute approximate surface area is 59.0 Å². The summed E-state index contributed by atoms with van der Waals surface area (Å²) in [7, 11) is 0. The van der Waals surface area contributed by atoms with E-state index in [0.29, 0.717) is 12.4 Å². The predicted molar refractivity (Wildman–Crippen MR) is 36.7 cm³/mol. The molecule has 4 heteroatoms. The first-order valence-corrected chi connectivity index (χ1v) is 3.15. The lowest BCUT2D eigenvalue weighted by molar-refractivity contribution is 0.208. The van der Waals surface area contributed by atoms with Gasteiger partial charge in [-0.2, -0.15) is 0 Å². The minimum Gasteiger partial charge on any atom is -0.490 e. The normalized spacial score (nSPS) is 19.6. The van der Waals surface area contributed by atoms with Crippen molar-refractivity contribution < 1.29 is 9.94 Å². The Morgan fingerprint density at radius 2 is 2.60 bits per heavy atom. The molecule has 0 aliphatic carbocycles. The van der Waals surface area contributed by atoms with Crippen LogP contribution in [0.25, 0.3) is 0 Å². The molecule has 0 aromatic carbocycles. The number of nitrogens with zero attached hydrogens (tertiary/aromatic N) is 1. The van der Waals surface area contributed by atoms with E-state index in [4.69, 9.17) is 15.7 Å². The van der Waals surface area contributed by atoms with Crippen molar-refractivity contribution in [2.45, 2.75) is 12.8 Å². The molecule has 0 aromatic heterocycles. The zero-order valence-corrected chi connectivity index (χ0v) is 5.58. The number of amidine groups is 1. The molecule has 0 atom stereocenters. The van der Waals surface area contributed by atoms with Gasteiger partial charge in [0.1, 0.15) is 0 Å². The molecule has 0 spiro atoms. The molecule has 1 aliphatic heterocycles. The lowest BCUT2D eigenvalue weighted by Crippen LogP contribution is -2.19. The predicted octanol–water partition coefficient (Wildman–Crippen LogP) is 0.427. The molecule has 0 unspecified atom stereocenters. The fourth-order valence-electron chi connectivity index (χ4n) is 0.785. The lowest BCUT2D eigenvalue weighted by atomic mass is 10.2. The van der Waals surface area contributed by atoms with Gasteiger partial charge in [-0.15, -0.1) is 0 Å². The number of nitrogens with two attached hydrogens (primary N) is 1. The average molecular weight is 142 g/mol. The van der Waals surface area contributed by atoms with Gasteiger partial charge in [0.25, 0.3) is 0 Å². The van der Waals surface area contributed by atoms with E-state index in [1.807, 2.05) is 6.08 Å². The Kier molecular flexibility index (Phi) is 2.15. The molecule has 0 saturated carbocycles. The van der Waals surface area contributed by atoms with Crippen LogP contribution >= 0.6 is 0 Å². The standard InChI is InChI=1S/C6H10N2O2/c7-6(8-9)5-3-1-2-4-10-5/h3,9H,1-2,4H2,(H2,7,8). The molecule has 0 fully saturated rings. The Morgan fingerprint density at radius 1 is 1.80 bits per heavy atom. The molecule has 1 heterocycles. The molecule has 0 bridgehead atoms. The van der Waals surface area contributed by atoms with Crippen molar-refractivity contribution >= 4 is 5.84 Å². The first-order valence-electron chi connectivity index (χ1n) is 3.15. The van der Waals surface area contributed by atoms with Crippen LogP contribution in [0.5, 0.6) is 0 Å². The Morgan fingerprint density at radius 3 is 3.10 bits per heavy atom. The van der Waals surface area contributed by atoms with Gasteiger partial charge >= 0.3 is 0 Å². The second kappa shape index (κ2) is 3.10. The molecule has 10 heavy (non-hydrogen) atoms. The number of oxime groups is 1. The Bertz CT molecular complexity index is 175. The van der Waals surface area contributed by atoms with E-state index in [2.05, 4.69) is 5.16 Å². The van der Waals surface area contributed by atoms with Crippen molar-refractivity contribution in [3.8, 4) is 0 Å². The van der Waals surface area contributed by atoms with Gasteiger partial charge in [-0.3, -0.25) is 0 Å². The first kappa shape index (κ1) is 6.92. The van der Waals surface area contributed by atoms with Gasteiger partial charge in [-0.25, -0.2) is 0 Å². The topological polar surface area (TPSA) is 67.8 Å². The number of allylic oxidation sites excluding steroid dienone is 1. The van der Waals surface area contributed by atoms with Crippen LogP contribution < -0.4 is 5.73 Å². The van der Waals surface area contributed by atoms with Gasteiger partial charge in [0.05, 0.1) is 6.61 Å². The van der Waals surface area contributed by atoms with Gasteiger partial charge in [0.15, 0.2) is 5.76 Å². The highest BCUT2D eigenvalue weighted by Crippen LogP contribution is 2.08. The van der Waals surface area contributed by atoms with E-state index >= 15 is 0 Å². The third-order valence-corrected chi connectivity index (χ3v) is 1.30. The van der Waals surface area contributed by atoms with E-state index in [9.17, 15) is 0 Å². The van der Waals surface area contributed by atoms with Crippen LogP contribution in [-0.2, 0) is 4.74 Å². The molecule has 0 amide bonds. The summed E-state index contributed by atoms with van der Waals surface area (Å²) in [5, 5.41) is 11.0. The van der Waals surface area contributed by atoms with E-state index in [-0.39, 0.29) is 5.84 Å². The highest BCUT2D eigenvalue weighted by Gasteiger charge is 2.07. The van der Waals surface area contributed by atoms with E-state index < -0.39 is 0 Å². The minimum absolute atomic E-state index is 0.0553. The maximum atomic E-state index is 8.23. The molecule has 3 N–H and O–H groups in total. The summed E-state index contributed by atoms with van der Waals surface area (Å²) in [5.41, 5.74) is 5.25. The molecule has 56 valence electrons. The largest absolute Gasteiger partial charge is 0.490 e. The quantitative estimate of drug-likeness (QED) is 0.241. The van der Waals surface area contributed by atoms with Crippen molar-refractivity contribution in [3.05, 3.63) is 11.8 Å². The smallest absolute Gasteiger partial charge is 0.204 e. The average Bonchev–Trinajstić information content (AvgIpc) is 2.05. The SMILES string of the molecule is N/C(=N/O)C1=CCCCO1. The van der Waals surface area contributed by atoms with Crippen molar-refractivity contribution in [2.75, 3.05) is 6.61 Å². The molecular formula is C6H10N2O2. The molecule has 0 saturated heterocycles. The van der Waals surface area contributed by atoms with Crippen LogP contribution in [0, 0.1) is 0 Å². The zero-order chi connectivity index (χ0) is 7.40. The first-order chi connectivity index (χ1) is 4.84. The molecule has 0 radical (unpaired) electrons. The zero-order valence-electron chi connectivity index (χ0n) is 5.58. The summed E-state index contributed by atoms with van der Waals surface area (Å²) in [4.78, 5) is 0. The van der Waals surface area contributed by atoms with Gasteiger partial charge in [0.2, 0.25) is 5.84 Å². The summed E-state index contributed by atoms with van der Waals surface area (Å²) in [6.07, 6.45) is 3.76. The maximum Gasteiger partial charge on any atom is 0.204 e. The summed E-state index contributed by atoms with van der Waals surface area (Å²) < 4.78 is 5.08. The number of hydrogen-bond donors (Lipinski definition) is 2. The van der Waals surface area contributed by atoms with Crippen LogP contribution in [-0.4, -0.2) is 17.6 Å². The maximum absolute atomic E-state index is 8.23. The van der Waals surface area contributed by atoms with Crippen LogP contribution in [0.15, 0.2) is 17.0 Å². The van der Waals surface area contributed by atoms with E-state index in [1.165, 1.54) is 0 Å². The lowest BCUT2D eigenvalue weighted by Gasteiger charge is -2.12. The fourth-order valence-corrected chi connectivity index (χ4v) is 0.785. The number of ether oxygens (including phenoxy) is 1. The summed E-state index contributed by atoms with van der Waals surface area (Å²) >= 11 is 0. The second-order valence-electron chi connectivity index (χ2n) is 2.04. The summed E-state index contributed by atoms with van der Waals surface area (Å²) in [6, 6.07) is 0. The molecule has 0 aromatic rings. The fraction of sp³-hybridized carbons (Fsp3) is 0.500. The molecule has 1 rings (SSSR count). The van der Waals surface area contributed by atoms with Gasteiger partial charge in [0, 0.05) is 0 Å². The van der Waals surface area contributed by atoms with Crippen molar-refractivity contribution in [3.63, 3.8) is 0 Å². The molecule has 1 aliphatic rings. The summed E-state index contributed by atoms with van der Waals surface area (Å²) in [5.74, 6) is 0.549. The number of rotatable bonds is 1. The number of hydrogen-bond acceptors (Lipinski definition) is 3. The van der Waals surface area contributed by atoms with Gasteiger partial charge in [-0.05, 0) is 18.9 Å². The van der Waals surface area contributed by atoms with Crippen LogP contribution in [0.1, 0.15) is 12.8 Å². The van der Waals surface area contributed by atoms with Crippen molar-refractivity contribution in [2.24, 2.45) is 10.9 Å². The second-order valence-corrected chi connectivity index (χ2v) is 2.04. The van der Waals surface area contributed by atoms with Gasteiger partial charge < -0.3 is 15.7 Å². The third-order valence-electron chi connectivity index (χ3n) is 1.30. The Hall–Kier alpha value is -1.19. The molecule has 4 nitrogen and oxygen atoms in total. The van der Waals surface area contributed by atoms with E-state index in [1.54, 1.807) is 0 Å². The highest BCUT2D eigenvalue weighted by molar-refractivity contribution is 5.94. The Balaban J connectivity index is 2.62. The third kappa shape index (κ3) is 1.40. The van der Waals surface area contributed by atoms with Crippen LogP contribution in [0.4, 0.5) is 0 Å². The monoisotopic (exact) mass is 142 g/mol. The van der Waals surface area contributed by atoms with Crippen molar-refractivity contribution in [1.29, 1.82) is 0 Å². The van der Waals surface area contributed by atoms with Crippen molar-refractivity contribution in [1.82, 2.24) is 0 Å². The van der Waals surface area contributed by atoms with Crippen LogP contribution in [0.2, 0.25) is 0 Å². The van der Waals surface area contributed by atoms with Gasteiger partial charge in [-0.1, -0.05) is 5.16 Å². The molecular weight excluding hydrogens is 132 g/mol. The van der Waals surface area contributed by atoms with E-state index in [0.717, 1.165) is 12.8 Å². The summed E-state index contributed by atoms with van der Waals surface area (Å²) in [6.45, 7) is 0.655. The minimum atomic E-state index is 0.0553. The van der Waals surface area contributed by atoms with Crippen LogP contribution in [0.3, 0.4) is 0 Å².